The van der Waals surface area contributed by atoms with E-state index in [0.717, 1.165) is 0 Å². The molecule has 1 heterocycles. The minimum absolute atomic E-state index is 0.0245. The van der Waals surface area contributed by atoms with Crippen molar-refractivity contribution in [1.29, 1.82) is 0 Å². The van der Waals surface area contributed by atoms with Crippen LogP contribution in [0.4, 0.5) is 10.1 Å². The van der Waals surface area contributed by atoms with Crippen LogP contribution in [0.15, 0.2) is 51.3 Å². The molecule has 0 unspecified atom stereocenters. The zero-order valence-corrected chi connectivity index (χ0v) is 15.4. The molecular formula is C21H16FN3O4. The maximum atomic E-state index is 13.8. The number of carbonyl (C=O) groups is 2. The molecule has 0 radical (unpaired) electrons. The number of fused-ring (bicyclic) bond motifs is 1. The van der Waals surface area contributed by atoms with Crippen molar-refractivity contribution < 1.29 is 18.5 Å². The van der Waals surface area contributed by atoms with Gasteiger partial charge in [0.2, 0.25) is 0 Å². The minimum atomic E-state index is -0.653. The number of hydrogen-bond donors (Lipinski definition) is 2. The second-order valence-electron chi connectivity index (χ2n) is 6.67. The zero-order valence-electron chi connectivity index (χ0n) is 15.4. The molecule has 0 saturated heterocycles. The summed E-state index contributed by atoms with van der Waals surface area (Å²) in [6, 6.07) is 9.45. The second kappa shape index (κ2) is 7.31. The van der Waals surface area contributed by atoms with Crippen LogP contribution in [0.5, 0.6) is 0 Å². The molecule has 2 aromatic carbocycles. The van der Waals surface area contributed by atoms with Crippen LogP contribution in [0.3, 0.4) is 0 Å². The molecule has 3 aromatic rings. The number of hydrogen-bond acceptors (Lipinski definition) is 6. The van der Waals surface area contributed by atoms with Crippen LogP contribution in [0, 0.1) is 5.82 Å². The highest BCUT2D eigenvalue weighted by Gasteiger charge is 2.26. The average molecular weight is 393 g/mol. The molecule has 0 aliphatic heterocycles. The number of H-pyrrole nitrogens is 1. The van der Waals surface area contributed by atoms with Gasteiger partial charge in [0.25, 0.3) is 0 Å². The van der Waals surface area contributed by atoms with E-state index in [0.29, 0.717) is 27.9 Å². The highest BCUT2D eigenvalue weighted by molar-refractivity contribution is 6.25. The van der Waals surface area contributed by atoms with Gasteiger partial charge in [-0.1, -0.05) is 29.4 Å². The second-order valence-corrected chi connectivity index (χ2v) is 6.67. The first-order valence-corrected chi connectivity index (χ1v) is 8.88. The summed E-state index contributed by atoms with van der Waals surface area (Å²) in [5.41, 5.74) is 3.14. The number of anilines is 1. The van der Waals surface area contributed by atoms with E-state index in [2.05, 4.69) is 20.0 Å². The Labute approximate surface area is 164 Å². The minimum Gasteiger partial charge on any atom is -0.388 e. The summed E-state index contributed by atoms with van der Waals surface area (Å²) in [7, 11) is 1.66. The molecule has 0 bridgehead atoms. The molecule has 4 rings (SSSR count). The van der Waals surface area contributed by atoms with Gasteiger partial charge >= 0.3 is 5.76 Å². The molecule has 1 aromatic heterocycles. The molecule has 29 heavy (non-hydrogen) atoms. The fourth-order valence-corrected chi connectivity index (χ4v) is 3.35. The van der Waals surface area contributed by atoms with Gasteiger partial charge in [-0.05, 0) is 34.9 Å². The van der Waals surface area contributed by atoms with Crippen molar-refractivity contribution in [2.45, 2.75) is 12.8 Å². The molecule has 2 N–H and O–H groups in total. The van der Waals surface area contributed by atoms with Gasteiger partial charge in [0.05, 0.1) is 5.57 Å². The van der Waals surface area contributed by atoms with Gasteiger partial charge < -0.3 is 5.32 Å². The highest BCUT2D eigenvalue weighted by atomic mass is 19.1. The summed E-state index contributed by atoms with van der Waals surface area (Å²) < 4.78 is 18.3. The van der Waals surface area contributed by atoms with E-state index in [4.69, 9.17) is 0 Å². The number of allylic oxidation sites excluding steroid dienone is 1. The van der Waals surface area contributed by atoms with E-state index in [1.165, 1.54) is 18.2 Å². The Kier molecular flexibility index (Phi) is 4.67. The molecule has 8 heteroatoms. The molecule has 1 aliphatic rings. The number of benzene rings is 2. The van der Waals surface area contributed by atoms with Crippen molar-refractivity contribution >= 4 is 23.3 Å². The quantitative estimate of drug-likeness (QED) is 0.646. The van der Waals surface area contributed by atoms with Crippen LogP contribution in [-0.2, 0) is 22.4 Å². The summed E-state index contributed by atoms with van der Waals surface area (Å²) in [6.45, 7) is 0. The van der Waals surface area contributed by atoms with Crippen molar-refractivity contribution in [2.24, 2.45) is 0 Å². The maximum Gasteiger partial charge on any atom is 0.439 e. The van der Waals surface area contributed by atoms with Crippen LogP contribution in [-0.4, -0.2) is 28.8 Å². The fourth-order valence-electron chi connectivity index (χ4n) is 3.35. The third-order valence-electron chi connectivity index (χ3n) is 4.79. The van der Waals surface area contributed by atoms with Gasteiger partial charge in [0.15, 0.2) is 17.4 Å². The van der Waals surface area contributed by atoms with Gasteiger partial charge in [-0.25, -0.2) is 9.18 Å². The number of rotatable bonds is 5. The van der Waals surface area contributed by atoms with Crippen LogP contribution in [0.25, 0.3) is 17.5 Å². The number of nitrogens with zero attached hydrogens (tertiary/aromatic N) is 1. The number of nitrogens with one attached hydrogen (secondary N) is 2. The van der Waals surface area contributed by atoms with Crippen molar-refractivity contribution in [3.05, 3.63) is 75.0 Å². The van der Waals surface area contributed by atoms with Crippen LogP contribution >= 0.6 is 0 Å². The lowest BCUT2D eigenvalue weighted by Crippen LogP contribution is -2.21. The Morgan fingerprint density at radius 1 is 1.24 bits per heavy atom. The number of halogens is 1. The number of aromatic nitrogens is 2. The van der Waals surface area contributed by atoms with Gasteiger partial charge in [0.1, 0.15) is 5.82 Å². The van der Waals surface area contributed by atoms with E-state index in [-0.39, 0.29) is 35.8 Å². The first-order chi connectivity index (χ1) is 13.9. The molecule has 0 amide bonds. The lowest BCUT2D eigenvalue weighted by atomic mass is 9.86. The molecule has 0 fully saturated rings. The SMILES string of the molecule is CNc1cc(F)cc2c1CC(=O)C(C(=O)Cc1ccc(-c3noc(=O)[nH]3)cc1)=C2. The molecule has 1 aliphatic carbocycles. The first kappa shape index (κ1) is 18.5. The Morgan fingerprint density at radius 3 is 2.66 bits per heavy atom. The normalized spacial score (nSPS) is 13.0. The Hall–Kier alpha value is -3.81. The molecule has 7 nitrogen and oxygen atoms in total. The number of ketones is 2. The van der Waals surface area contributed by atoms with Crippen molar-refractivity contribution in [3.8, 4) is 11.4 Å². The van der Waals surface area contributed by atoms with Gasteiger partial charge in [0, 0.05) is 31.1 Å². The van der Waals surface area contributed by atoms with E-state index in [9.17, 15) is 18.8 Å². The van der Waals surface area contributed by atoms with E-state index in [1.807, 2.05) is 0 Å². The summed E-state index contributed by atoms with van der Waals surface area (Å²) in [5.74, 6) is -1.43. The van der Waals surface area contributed by atoms with Crippen LogP contribution in [0.2, 0.25) is 0 Å². The third-order valence-corrected chi connectivity index (χ3v) is 4.79. The largest absolute Gasteiger partial charge is 0.439 e. The highest BCUT2D eigenvalue weighted by Crippen LogP contribution is 2.30. The standard InChI is InChI=1S/C21H16FN3O4/c1-23-17-9-14(22)7-13-8-16(19(27)10-15(13)17)18(26)6-11-2-4-12(5-3-11)20-24-21(28)29-25-20/h2-5,7-9,23H,6,10H2,1H3,(H,24,25,28). The van der Waals surface area contributed by atoms with Gasteiger partial charge in [-0.3, -0.25) is 19.1 Å². The summed E-state index contributed by atoms with van der Waals surface area (Å²) in [4.78, 5) is 38.7. The average Bonchev–Trinajstić information content (AvgIpc) is 3.14. The Morgan fingerprint density at radius 2 is 2.00 bits per heavy atom. The third kappa shape index (κ3) is 3.64. The number of Topliss-reactive ketones (excluding diaryl/α,β-unsaturated/α-hetero) is 2. The zero-order chi connectivity index (χ0) is 20.5. The lowest BCUT2D eigenvalue weighted by Gasteiger charge is -2.18. The predicted octanol–water partition coefficient (Wildman–Crippen LogP) is 2.53. The van der Waals surface area contributed by atoms with E-state index in [1.54, 1.807) is 31.3 Å². The monoisotopic (exact) mass is 393 g/mol. The number of aromatic amines is 1. The number of carbonyl (C=O) groups excluding carboxylic acids is 2. The van der Waals surface area contributed by atoms with E-state index < -0.39 is 11.6 Å². The molecule has 0 saturated carbocycles. The molecule has 0 spiro atoms. The summed E-state index contributed by atoms with van der Waals surface area (Å²) in [5, 5.41) is 6.48. The van der Waals surface area contributed by atoms with Crippen LogP contribution in [0.1, 0.15) is 16.7 Å². The molecular weight excluding hydrogens is 377 g/mol. The first-order valence-electron chi connectivity index (χ1n) is 8.88. The van der Waals surface area contributed by atoms with Gasteiger partial charge in [-0.2, -0.15) is 0 Å². The maximum absolute atomic E-state index is 13.8. The van der Waals surface area contributed by atoms with E-state index >= 15 is 0 Å². The van der Waals surface area contributed by atoms with Crippen molar-refractivity contribution in [2.75, 3.05) is 12.4 Å². The Bertz CT molecular complexity index is 1210. The lowest BCUT2D eigenvalue weighted by molar-refractivity contribution is -0.120. The summed E-state index contributed by atoms with van der Waals surface area (Å²) in [6.07, 6.45) is 1.53. The smallest absolute Gasteiger partial charge is 0.388 e. The summed E-state index contributed by atoms with van der Waals surface area (Å²) >= 11 is 0. The van der Waals surface area contributed by atoms with Crippen LogP contribution < -0.4 is 11.1 Å². The predicted molar refractivity (Wildman–Crippen MR) is 104 cm³/mol. The van der Waals surface area contributed by atoms with Gasteiger partial charge in [-0.15, -0.1) is 0 Å². The Balaban J connectivity index is 1.57. The van der Waals surface area contributed by atoms with Crippen molar-refractivity contribution in [3.63, 3.8) is 0 Å². The van der Waals surface area contributed by atoms with Crippen molar-refractivity contribution in [1.82, 2.24) is 10.1 Å². The fraction of sp³-hybridized carbons (Fsp3) is 0.143. The molecule has 146 valence electrons. The molecule has 0 atom stereocenters. The topological polar surface area (TPSA) is 105 Å².